The van der Waals surface area contributed by atoms with Crippen LogP contribution in [-0.2, 0) is 17.8 Å². The molecule has 0 spiro atoms. The highest BCUT2D eigenvalue weighted by atomic mass is 32.2. The van der Waals surface area contributed by atoms with E-state index >= 15 is 0 Å². The van der Waals surface area contributed by atoms with E-state index < -0.39 is 0 Å². The Balaban J connectivity index is 1.36. The van der Waals surface area contributed by atoms with Gasteiger partial charge in [0.15, 0.2) is 11.0 Å². The van der Waals surface area contributed by atoms with Gasteiger partial charge in [0.05, 0.1) is 11.8 Å². The topological polar surface area (TPSA) is 51.0 Å². The molecule has 0 saturated carbocycles. The summed E-state index contributed by atoms with van der Waals surface area (Å²) in [5.74, 6) is 1.34. The second-order valence-corrected chi connectivity index (χ2v) is 10.2. The molecular weight excluding hydrogens is 444 g/mol. The average Bonchev–Trinajstić information content (AvgIpc) is 3.57. The maximum atomic E-state index is 13.3. The minimum absolute atomic E-state index is 0.0204. The van der Waals surface area contributed by atoms with Gasteiger partial charge < -0.3 is 9.47 Å². The smallest absolute Gasteiger partial charge is 0.233 e. The summed E-state index contributed by atoms with van der Waals surface area (Å²) >= 11 is 4.99. The van der Waals surface area contributed by atoms with Gasteiger partial charge in [0.25, 0.3) is 0 Å². The fourth-order valence-corrected chi connectivity index (χ4v) is 6.68. The van der Waals surface area contributed by atoms with E-state index in [1.807, 2.05) is 35.2 Å². The number of benzene rings is 1. The fraction of sp³-hybridized carbons (Fsp3) is 0.261. The first kappa shape index (κ1) is 20.5. The van der Waals surface area contributed by atoms with Crippen molar-refractivity contribution in [3.05, 3.63) is 74.6 Å². The number of carbonyl (C=O) groups excluding carboxylic acids is 1. The molecule has 5 nitrogen and oxygen atoms in total. The maximum Gasteiger partial charge on any atom is 0.233 e. The summed E-state index contributed by atoms with van der Waals surface area (Å²) in [7, 11) is 0. The summed E-state index contributed by atoms with van der Waals surface area (Å²) < 4.78 is 2.08. The third-order valence-corrected chi connectivity index (χ3v) is 8.36. The van der Waals surface area contributed by atoms with Gasteiger partial charge in [0.2, 0.25) is 5.91 Å². The van der Waals surface area contributed by atoms with Crippen molar-refractivity contribution >= 4 is 40.3 Å². The molecule has 0 saturated heterocycles. The Morgan fingerprint density at radius 3 is 2.74 bits per heavy atom. The van der Waals surface area contributed by atoms with Crippen molar-refractivity contribution in [3.8, 4) is 11.4 Å². The molecule has 0 fully saturated rings. The number of amides is 1. The van der Waals surface area contributed by atoms with Gasteiger partial charge in [0, 0.05) is 28.4 Å². The quantitative estimate of drug-likeness (QED) is 0.359. The van der Waals surface area contributed by atoms with Crippen molar-refractivity contribution < 1.29 is 4.79 Å². The van der Waals surface area contributed by atoms with Crippen molar-refractivity contribution in [2.45, 2.75) is 31.1 Å². The lowest BCUT2D eigenvalue weighted by Gasteiger charge is -2.35. The lowest BCUT2D eigenvalue weighted by Crippen LogP contribution is -2.40. The van der Waals surface area contributed by atoms with Gasteiger partial charge in [-0.1, -0.05) is 48.2 Å². The van der Waals surface area contributed by atoms with Crippen molar-refractivity contribution in [2.75, 3.05) is 12.3 Å². The highest BCUT2D eigenvalue weighted by molar-refractivity contribution is 7.99. The molecule has 3 aromatic heterocycles. The Morgan fingerprint density at radius 2 is 1.97 bits per heavy atom. The molecule has 1 amide bonds. The van der Waals surface area contributed by atoms with Crippen molar-refractivity contribution in [1.29, 1.82) is 0 Å². The summed E-state index contributed by atoms with van der Waals surface area (Å²) in [5.41, 5.74) is 2.31. The number of thiophene rings is 2. The van der Waals surface area contributed by atoms with E-state index in [2.05, 4.69) is 50.6 Å². The standard InChI is InChI=1S/C23H22N4OS3/c1-2-26-22(16-7-4-3-5-8-16)24-25-23(26)31-15-20(28)27-12-10-18-17(11-14-30-18)21(27)19-9-6-13-29-19/h3-9,11,13-14,21H,2,10,12,15H2,1H3/t21-/m1/s1. The van der Waals surface area contributed by atoms with Gasteiger partial charge >= 0.3 is 0 Å². The number of nitrogens with zero attached hydrogens (tertiary/aromatic N) is 4. The lowest BCUT2D eigenvalue weighted by molar-refractivity contribution is -0.130. The molecule has 1 atom stereocenters. The largest absolute Gasteiger partial charge is 0.330 e. The SMILES string of the molecule is CCn1c(SCC(=O)N2CCc3sccc3[C@@H]2c2cccs2)nnc1-c1ccccc1. The Hall–Kier alpha value is -2.42. The van der Waals surface area contributed by atoms with Gasteiger partial charge in [-0.3, -0.25) is 4.79 Å². The van der Waals surface area contributed by atoms with Gasteiger partial charge in [-0.2, -0.15) is 0 Å². The van der Waals surface area contributed by atoms with Crippen LogP contribution < -0.4 is 0 Å². The van der Waals surface area contributed by atoms with Crippen molar-refractivity contribution in [1.82, 2.24) is 19.7 Å². The molecule has 4 aromatic rings. The van der Waals surface area contributed by atoms with Crippen LogP contribution in [0.3, 0.4) is 0 Å². The molecule has 1 aliphatic heterocycles. The van der Waals surface area contributed by atoms with E-state index in [-0.39, 0.29) is 11.9 Å². The van der Waals surface area contributed by atoms with E-state index in [0.29, 0.717) is 5.75 Å². The number of rotatable bonds is 6. The predicted octanol–water partition coefficient (Wildman–Crippen LogP) is 5.35. The Morgan fingerprint density at radius 1 is 1.10 bits per heavy atom. The van der Waals surface area contributed by atoms with Crippen LogP contribution in [0.25, 0.3) is 11.4 Å². The van der Waals surface area contributed by atoms with Crippen molar-refractivity contribution in [2.24, 2.45) is 0 Å². The monoisotopic (exact) mass is 466 g/mol. The Labute approximate surface area is 193 Å². The summed E-state index contributed by atoms with van der Waals surface area (Å²) in [6, 6.07) is 16.5. The second kappa shape index (κ2) is 8.98. The van der Waals surface area contributed by atoms with Crippen LogP contribution in [0.4, 0.5) is 0 Å². The van der Waals surface area contributed by atoms with Gasteiger partial charge in [-0.15, -0.1) is 32.9 Å². The Kier molecular flexibility index (Phi) is 5.93. The molecule has 0 radical (unpaired) electrons. The molecule has 0 unspecified atom stereocenters. The summed E-state index contributed by atoms with van der Waals surface area (Å²) in [5, 5.41) is 13.8. The minimum atomic E-state index is 0.0204. The van der Waals surface area contributed by atoms with Crippen LogP contribution in [0, 0.1) is 0 Å². The van der Waals surface area contributed by atoms with E-state index in [4.69, 9.17) is 0 Å². The third-order valence-electron chi connectivity index (χ3n) is 5.49. The number of hydrogen-bond donors (Lipinski definition) is 0. The minimum Gasteiger partial charge on any atom is -0.330 e. The number of carbonyl (C=O) groups is 1. The lowest BCUT2D eigenvalue weighted by atomic mass is 9.98. The van der Waals surface area contributed by atoms with Crippen LogP contribution in [-0.4, -0.2) is 37.9 Å². The van der Waals surface area contributed by atoms with E-state index in [0.717, 1.165) is 36.1 Å². The number of fused-ring (bicyclic) bond motifs is 1. The molecular formula is C23H22N4OS3. The maximum absolute atomic E-state index is 13.3. The first-order chi connectivity index (χ1) is 15.3. The molecule has 0 N–H and O–H groups in total. The summed E-state index contributed by atoms with van der Waals surface area (Å²) in [4.78, 5) is 18.0. The zero-order chi connectivity index (χ0) is 21.2. The number of hydrogen-bond acceptors (Lipinski definition) is 6. The molecule has 5 rings (SSSR count). The fourth-order valence-electron chi connectivity index (χ4n) is 4.03. The van der Waals surface area contributed by atoms with Crippen LogP contribution in [0.15, 0.2) is 64.4 Å². The van der Waals surface area contributed by atoms with Crippen LogP contribution in [0.1, 0.15) is 28.3 Å². The van der Waals surface area contributed by atoms with Gasteiger partial charge in [-0.05, 0) is 41.8 Å². The summed E-state index contributed by atoms with van der Waals surface area (Å²) in [6.45, 7) is 3.59. The zero-order valence-corrected chi connectivity index (χ0v) is 19.6. The molecule has 0 bridgehead atoms. The summed E-state index contributed by atoms with van der Waals surface area (Å²) in [6.07, 6.45) is 0.925. The van der Waals surface area contributed by atoms with Gasteiger partial charge in [0.1, 0.15) is 0 Å². The molecule has 1 aromatic carbocycles. The molecule has 0 aliphatic carbocycles. The second-order valence-electron chi connectivity index (χ2n) is 7.26. The highest BCUT2D eigenvalue weighted by Crippen LogP contribution is 2.40. The normalized spacial score (nSPS) is 15.8. The predicted molar refractivity (Wildman–Crippen MR) is 128 cm³/mol. The first-order valence-corrected chi connectivity index (χ1v) is 13.0. The van der Waals surface area contributed by atoms with Crippen LogP contribution in [0.5, 0.6) is 0 Å². The van der Waals surface area contributed by atoms with Gasteiger partial charge in [-0.25, -0.2) is 0 Å². The third kappa shape index (κ3) is 3.95. The molecule has 1 aliphatic rings. The Bertz CT molecular complexity index is 1170. The van der Waals surface area contributed by atoms with E-state index in [1.165, 1.54) is 27.1 Å². The average molecular weight is 467 g/mol. The van der Waals surface area contributed by atoms with Crippen LogP contribution >= 0.6 is 34.4 Å². The molecule has 4 heterocycles. The van der Waals surface area contributed by atoms with E-state index in [1.54, 1.807) is 22.7 Å². The zero-order valence-electron chi connectivity index (χ0n) is 17.1. The van der Waals surface area contributed by atoms with E-state index in [9.17, 15) is 4.79 Å². The highest BCUT2D eigenvalue weighted by Gasteiger charge is 2.33. The van der Waals surface area contributed by atoms with Crippen molar-refractivity contribution in [3.63, 3.8) is 0 Å². The number of aromatic nitrogens is 3. The first-order valence-electron chi connectivity index (χ1n) is 10.3. The van der Waals surface area contributed by atoms with Crippen LogP contribution in [0.2, 0.25) is 0 Å². The number of thioether (sulfide) groups is 1. The molecule has 158 valence electrons. The molecule has 31 heavy (non-hydrogen) atoms. The molecule has 8 heteroatoms.